The number of nitrogens with zero attached hydrogens (tertiary/aromatic N) is 2. The topological polar surface area (TPSA) is 28.2 Å². The van der Waals surface area contributed by atoms with Crippen molar-refractivity contribution in [2.24, 2.45) is 0 Å². The van der Waals surface area contributed by atoms with Crippen LogP contribution in [0.5, 0.6) is 0 Å². The number of pyridine rings is 1. The van der Waals surface area contributed by atoms with E-state index in [-0.39, 0.29) is 0 Å². The first-order valence-corrected chi connectivity index (χ1v) is 8.34. The number of aromatic nitrogens is 1. The van der Waals surface area contributed by atoms with Crippen LogP contribution in [0.4, 0.5) is 0 Å². The molecule has 2 heterocycles. The van der Waals surface area contributed by atoms with Crippen LogP contribution in [0.2, 0.25) is 0 Å². The van der Waals surface area contributed by atoms with Gasteiger partial charge < -0.3 is 10.2 Å². The third-order valence-corrected chi connectivity index (χ3v) is 4.37. The van der Waals surface area contributed by atoms with Crippen LogP contribution < -0.4 is 5.32 Å². The molecule has 0 aromatic carbocycles. The van der Waals surface area contributed by atoms with Crippen molar-refractivity contribution in [1.29, 1.82) is 0 Å². The average molecular weight is 303 g/mol. The fraction of sp³-hybridized carbons (Fsp3) is 0.471. The first kappa shape index (κ1) is 16.1. The van der Waals surface area contributed by atoms with E-state index in [2.05, 4.69) is 60.4 Å². The summed E-state index contributed by atoms with van der Waals surface area (Å²) in [6.07, 6.45) is 2.87. The second-order valence-electron chi connectivity index (χ2n) is 5.71. The van der Waals surface area contributed by atoms with Gasteiger partial charge >= 0.3 is 0 Å². The summed E-state index contributed by atoms with van der Waals surface area (Å²) in [5.74, 6) is 0. The number of likely N-dealkylation sites (N-methyl/N-ethyl adjacent to an activating group) is 1. The number of rotatable bonds is 8. The molecule has 0 radical (unpaired) electrons. The molecule has 0 unspecified atom stereocenters. The Balaban J connectivity index is 1.76. The van der Waals surface area contributed by atoms with Crippen molar-refractivity contribution < 1.29 is 0 Å². The normalized spacial score (nSPS) is 11.5. The third kappa shape index (κ3) is 5.96. The SMILES string of the molecule is CC(C)NCc1ccc(CN(C)CCc2ccccn2)s1. The number of thiophene rings is 1. The first-order valence-electron chi connectivity index (χ1n) is 7.53. The van der Waals surface area contributed by atoms with E-state index in [0.29, 0.717) is 6.04 Å². The standard InChI is InChI=1S/C17H25N3S/c1-14(2)19-12-16-7-8-17(21-16)13-20(3)11-9-15-6-4-5-10-18-15/h4-8,10,14,19H,9,11-13H2,1-3H3. The molecule has 1 N–H and O–H groups in total. The minimum absolute atomic E-state index is 0.539. The third-order valence-electron chi connectivity index (χ3n) is 3.30. The van der Waals surface area contributed by atoms with Crippen LogP contribution in [0.1, 0.15) is 29.3 Å². The van der Waals surface area contributed by atoms with E-state index < -0.39 is 0 Å². The monoisotopic (exact) mass is 303 g/mol. The van der Waals surface area contributed by atoms with Gasteiger partial charge in [-0.1, -0.05) is 19.9 Å². The molecule has 0 saturated carbocycles. The highest BCUT2D eigenvalue weighted by Crippen LogP contribution is 2.18. The van der Waals surface area contributed by atoms with Crippen molar-refractivity contribution in [3.05, 3.63) is 52.0 Å². The lowest BCUT2D eigenvalue weighted by atomic mass is 10.2. The second kappa shape index (κ2) is 8.27. The van der Waals surface area contributed by atoms with Crippen molar-refractivity contribution in [2.75, 3.05) is 13.6 Å². The predicted octanol–water partition coefficient (Wildman–Crippen LogP) is 3.32. The molecular weight excluding hydrogens is 278 g/mol. The fourth-order valence-corrected chi connectivity index (χ4v) is 3.15. The summed E-state index contributed by atoms with van der Waals surface area (Å²) in [6, 6.07) is 11.1. The molecular formula is C17H25N3S. The van der Waals surface area contributed by atoms with Crippen LogP contribution in [0.3, 0.4) is 0 Å². The molecule has 0 amide bonds. The molecule has 3 nitrogen and oxygen atoms in total. The minimum Gasteiger partial charge on any atom is -0.310 e. The van der Waals surface area contributed by atoms with Gasteiger partial charge in [0.05, 0.1) is 0 Å². The maximum absolute atomic E-state index is 4.37. The Labute approximate surface area is 132 Å². The summed E-state index contributed by atoms with van der Waals surface area (Å²) in [6.45, 7) is 7.38. The van der Waals surface area contributed by atoms with Crippen molar-refractivity contribution in [2.45, 2.75) is 39.4 Å². The molecule has 0 bridgehead atoms. The summed E-state index contributed by atoms with van der Waals surface area (Å²) in [5.41, 5.74) is 1.16. The van der Waals surface area contributed by atoms with Crippen LogP contribution in [-0.4, -0.2) is 29.5 Å². The molecule has 2 aromatic rings. The van der Waals surface area contributed by atoms with E-state index in [1.54, 1.807) is 0 Å². The Kier molecular flexibility index (Phi) is 6.36. The minimum atomic E-state index is 0.539. The van der Waals surface area contributed by atoms with Crippen molar-refractivity contribution in [1.82, 2.24) is 15.2 Å². The van der Waals surface area contributed by atoms with E-state index in [0.717, 1.165) is 31.7 Å². The van der Waals surface area contributed by atoms with Gasteiger partial charge in [-0.25, -0.2) is 0 Å². The summed E-state index contributed by atoms with van der Waals surface area (Å²) in [5, 5.41) is 3.46. The Hall–Kier alpha value is -1.23. The largest absolute Gasteiger partial charge is 0.310 e. The van der Waals surface area contributed by atoms with Crippen LogP contribution in [0, 0.1) is 0 Å². The molecule has 0 aliphatic heterocycles. The first-order chi connectivity index (χ1) is 10.1. The Morgan fingerprint density at radius 2 is 2.00 bits per heavy atom. The number of nitrogens with one attached hydrogen (secondary N) is 1. The van der Waals surface area contributed by atoms with E-state index in [9.17, 15) is 0 Å². The molecule has 21 heavy (non-hydrogen) atoms. The zero-order valence-corrected chi connectivity index (χ0v) is 14.0. The molecule has 114 valence electrons. The van der Waals surface area contributed by atoms with E-state index in [1.807, 2.05) is 23.6 Å². The van der Waals surface area contributed by atoms with Gasteiger partial charge in [-0.2, -0.15) is 0 Å². The van der Waals surface area contributed by atoms with Crippen molar-refractivity contribution in [3.8, 4) is 0 Å². The maximum atomic E-state index is 4.37. The fourth-order valence-electron chi connectivity index (χ4n) is 2.10. The molecule has 2 rings (SSSR count). The van der Waals surface area contributed by atoms with E-state index >= 15 is 0 Å². The van der Waals surface area contributed by atoms with E-state index in [4.69, 9.17) is 0 Å². The van der Waals surface area contributed by atoms with Gasteiger partial charge in [0.15, 0.2) is 0 Å². The van der Waals surface area contributed by atoms with E-state index in [1.165, 1.54) is 9.75 Å². The Morgan fingerprint density at radius 3 is 2.71 bits per heavy atom. The van der Waals surface area contributed by atoms with Crippen LogP contribution in [-0.2, 0) is 19.5 Å². The van der Waals surface area contributed by atoms with Gasteiger partial charge in [-0.3, -0.25) is 4.98 Å². The Bertz CT molecular complexity index is 522. The van der Waals surface area contributed by atoms with Crippen molar-refractivity contribution >= 4 is 11.3 Å². The zero-order valence-electron chi connectivity index (χ0n) is 13.2. The molecule has 0 fully saturated rings. The average Bonchev–Trinajstić information content (AvgIpc) is 2.91. The molecule has 0 aliphatic carbocycles. The van der Waals surface area contributed by atoms with Crippen LogP contribution >= 0.6 is 11.3 Å². The predicted molar refractivity (Wildman–Crippen MR) is 90.6 cm³/mol. The van der Waals surface area contributed by atoms with Gasteiger partial charge in [0, 0.05) is 53.7 Å². The summed E-state index contributed by atoms with van der Waals surface area (Å²) in [4.78, 5) is 9.58. The summed E-state index contributed by atoms with van der Waals surface area (Å²) < 4.78 is 0. The highest BCUT2D eigenvalue weighted by atomic mass is 32.1. The quantitative estimate of drug-likeness (QED) is 0.811. The van der Waals surface area contributed by atoms with Gasteiger partial charge in [-0.15, -0.1) is 11.3 Å². The highest BCUT2D eigenvalue weighted by Gasteiger charge is 2.05. The molecule has 0 aliphatic rings. The molecule has 0 saturated heterocycles. The molecule has 0 atom stereocenters. The zero-order chi connectivity index (χ0) is 15.1. The molecule has 2 aromatic heterocycles. The molecule has 4 heteroatoms. The lowest BCUT2D eigenvalue weighted by Crippen LogP contribution is -2.21. The molecule has 0 spiro atoms. The Morgan fingerprint density at radius 1 is 1.19 bits per heavy atom. The van der Waals surface area contributed by atoms with Gasteiger partial charge in [0.2, 0.25) is 0 Å². The highest BCUT2D eigenvalue weighted by molar-refractivity contribution is 7.11. The smallest absolute Gasteiger partial charge is 0.0416 e. The van der Waals surface area contributed by atoms with Crippen LogP contribution in [0.15, 0.2) is 36.5 Å². The maximum Gasteiger partial charge on any atom is 0.0416 e. The van der Waals surface area contributed by atoms with Gasteiger partial charge in [0.25, 0.3) is 0 Å². The van der Waals surface area contributed by atoms with Crippen LogP contribution in [0.25, 0.3) is 0 Å². The summed E-state index contributed by atoms with van der Waals surface area (Å²) >= 11 is 1.91. The van der Waals surface area contributed by atoms with Gasteiger partial charge in [0.1, 0.15) is 0 Å². The number of hydrogen-bond acceptors (Lipinski definition) is 4. The number of hydrogen-bond donors (Lipinski definition) is 1. The van der Waals surface area contributed by atoms with Gasteiger partial charge in [-0.05, 0) is 31.3 Å². The van der Waals surface area contributed by atoms with Crippen molar-refractivity contribution in [3.63, 3.8) is 0 Å². The second-order valence-corrected chi connectivity index (χ2v) is 6.97. The lowest BCUT2D eigenvalue weighted by Gasteiger charge is -2.15. The summed E-state index contributed by atoms with van der Waals surface area (Å²) in [7, 11) is 2.18. The lowest BCUT2D eigenvalue weighted by molar-refractivity contribution is 0.333.